The molecule has 1 aliphatic rings. The van der Waals surface area contributed by atoms with Crippen molar-refractivity contribution in [2.45, 2.75) is 25.7 Å². The standard InChI is InChI=1S/C20H24N6O2S/c1-15-4-5-16(2)18(14-15)29(27,28)25-12-10-24(11-13-25)19-6-7-20(23-22-19)26-9-8-21-17(26)3/h4-9,14H,10-13H2,1-3H3. The molecule has 0 unspecified atom stereocenters. The Morgan fingerprint density at radius 1 is 0.897 bits per heavy atom. The molecule has 4 rings (SSSR count). The number of sulfonamides is 1. The van der Waals surface area contributed by atoms with E-state index in [2.05, 4.69) is 20.1 Å². The van der Waals surface area contributed by atoms with Gasteiger partial charge in [-0.1, -0.05) is 12.1 Å². The van der Waals surface area contributed by atoms with E-state index in [0.29, 0.717) is 36.9 Å². The Hall–Kier alpha value is -2.78. The fourth-order valence-corrected chi connectivity index (χ4v) is 5.25. The number of nitrogens with zero attached hydrogens (tertiary/aromatic N) is 6. The van der Waals surface area contributed by atoms with Crippen molar-refractivity contribution >= 4 is 15.8 Å². The van der Waals surface area contributed by atoms with Crippen molar-refractivity contribution in [3.63, 3.8) is 0 Å². The molecule has 1 saturated heterocycles. The summed E-state index contributed by atoms with van der Waals surface area (Å²) < 4.78 is 29.6. The summed E-state index contributed by atoms with van der Waals surface area (Å²) >= 11 is 0. The number of imidazole rings is 1. The number of aryl methyl sites for hydroxylation is 3. The third-order valence-corrected chi connectivity index (χ3v) is 7.27. The molecule has 0 spiro atoms. The van der Waals surface area contributed by atoms with E-state index in [1.54, 1.807) is 16.6 Å². The Morgan fingerprint density at radius 2 is 1.59 bits per heavy atom. The van der Waals surface area contributed by atoms with Crippen LogP contribution in [0.2, 0.25) is 0 Å². The molecular weight excluding hydrogens is 388 g/mol. The maximum absolute atomic E-state index is 13.1. The van der Waals surface area contributed by atoms with Crippen LogP contribution in [-0.2, 0) is 10.0 Å². The summed E-state index contributed by atoms with van der Waals surface area (Å²) in [5.74, 6) is 2.30. The minimum atomic E-state index is -3.50. The van der Waals surface area contributed by atoms with Gasteiger partial charge in [0.15, 0.2) is 11.6 Å². The maximum Gasteiger partial charge on any atom is 0.243 e. The summed E-state index contributed by atoms with van der Waals surface area (Å²) in [5.41, 5.74) is 1.71. The van der Waals surface area contributed by atoms with Crippen LogP contribution in [0.4, 0.5) is 5.82 Å². The molecule has 1 aliphatic heterocycles. The highest BCUT2D eigenvalue weighted by atomic mass is 32.2. The molecule has 2 aromatic heterocycles. The van der Waals surface area contributed by atoms with Gasteiger partial charge in [0.05, 0.1) is 4.90 Å². The molecule has 1 aromatic carbocycles. The van der Waals surface area contributed by atoms with Gasteiger partial charge in [0.25, 0.3) is 0 Å². The Balaban J connectivity index is 1.47. The normalized spacial score (nSPS) is 15.6. The first-order valence-electron chi connectivity index (χ1n) is 9.53. The van der Waals surface area contributed by atoms with Crippen molar-refractivity contribution in [1.29, 1.82) is 0 Å². The average molecular weight is 413 g/mol. The Morgan fingerprint density at radius 3 is 2.21 bits per heavy atom. The lowest BCUT2D eigenvalue weighted by Gasteiger charge is -2.34. The Bertz CT molecular complexity index is 1120. The highest BCUT2D eigenvalue weighted by Crippen LogP contribution is 2.23. The smallest absolute Gasteiger partial charge is 0.243 e. The van der Waals surface area contributed by atoms with E-state index < -0.39 is 10.0 Å². The predicted octanol–water partition coefficient (Wildman–Crippen LogP) is 2.10. The van der Waals surface area contributed by atoms with Gasteiger partial charge in [-0.2, -0.15) is 4.31 Å². The van der Waals surface area contributed by atoms with Crippen LogP contribution >= 0.6 is 0 Å². The summed E-state index contributed by atoms with van der Waals surface area (Å²) in [6.07, 6.45) is 3.57. The highest BCUT2D eigenvalue weighted by Gasteiger charge is 2.30. The number of piperazine rings is 1. The molecule has 1 fully saturated rings. The van der Waals surface area contributed by atoms with Gasteiger partial charge < -0.3 is 4.90 Å². The van der Waals surface area contributed by atoms with E-state index in [1.165, 1.54) is 0 Å². The number of hydrogen-bond acceptors (Lipinski definition) is 6. The number of anilines is 1. The fraction of sp³-hybridized carbons (Fsp3) is 0.350. The monoisotopic (exact) mass is 412 g/mol. The second-order valence-electron chi connectivity index (χ2n) is 7.25. The predicted molar refractivity (Wildman–Crippen MR) is 111 cm³/mol. The quantitative estimate of drug-likeness (QED) is 0.653. The summed E-state index contributed by atoms with van der Waals surface area (Å²) in [6, 6.07) is 9.35. The average Bonchev–Trinajstić information content (AvgIpc) is 3.16. The van der Waals surface area contributed by atoms with E-state index in [-0.39, 0.29) is 0 Å². The van der Waals surface area contributed by atoms with Gasteiger partial charge in [0.2, 0.25) is 10.0 Å². The second-order valence-corrected chi connectivity index (χ2v) is 9.16. The van der Waals surface area contributed by atoms with E-state index in [9.17, 15) is 8.42 Å². The van der Waals surface area contributed by atoms with Crippen molar-refractivity contribution in [3.05, 3.63) is 59.7 Å². The third-order valence-electron chi connectivity index (χ3n) is 5.23. The van der Waals surface area contributed by atoms with Crippen LogP contribution < -0.4 is 4.90 Å². The number of aromatic nitrogens is 4. The zero-order valence-electron chi connectivity index (χ0n) is 16.8. The first kappa shape index (κ1) is 19.5. The molecule has 0 atom stereocenters. The molecule has 0 aliphatic carbocycles. The van der Waals surface area contributed by atoms with Crippen LogP contribution in [0.25, 0.3) is 5.82 Å². The zero-order chi connectivity index (χ0) is 20.6. The highest BCUT2D eigenvalue weighted by molar-refractivity contribution is 7.89. The van der Waals surface area contributed by atoms with Crippen molar-refractivity contribution in [2.75, 3.05) is 31.1 Å². The minimum absolute atomic E-state index is 0.394. The number of hydrogen-bond donors (Lipinski definition) is 0. The van der Waals surface area contributed by atoms with Gasteiger partial charge in [-0.25, -0.2) is 13.4 Å². The second kappa shape index (κ2) is 7.57. The molecule has 0 bridgehead atoms. The molecule has 8 nitrogen and oxygen atoms in total. The van der Waals surface area contributed by atoms with Crippen molar-refractivity contribution < 1.29 is 8.42 Å². The molecule has 152 valence electrons. The van der Waals surface area contributed by atoms with E-state index in [0.717, 1.165) is 22.8 Å². The molecule has 29 heavy (non-hydrogen) atoms. The van der Waals surface area contributed by atoms with E-state index in [4.69, 9.17) is 0 Å². The third kappa shape index (κ3) is 3.75. The van der Waals surface area contributed by atoms with Crippen molar-refractivity contribution in [3.8, 4) is 5.82 Å². The fourth-order valence-electron chi connectivity index (χ4n) is 3.52. The maximum atomic E-state index is 13.1. The van der Waals surface area contributed by atoms with Gasteiger partial charge in [-0.3, -0.25) is 4.57 Å². The minimum Gasteiger partial charge on any atom is -0.352 e. The van der Waals surface area contributed by atoms with Gasteiger partial charge in [0.1, 0.15) is 5.82 Å². The lowest BCUT2D eigenvalue weighted by Crippen LogP contribution is -2.49. The largest absolute Gasteiger partial charge is 0.352 e. The summed E-state index contributed by atoms with van der Waals surface area (Å²) in [6.45, 7) is 7.63. The molecular formula is C20H24N6O2S. The lowest BCUT2D eigenvalue weighted by atomic mass is 10.2. The molecule has 0 radical (unpaired) electrons. The summed E-state index contributed by atoms with van der Waals surface area (Å²) in [7, 11) is -3.50. The van der Waals surface area contributed by atoms with Gasteiger partial charge in [0, 0.05) is 38.6 Å². The Kier molecular flexibility index (Phi) is 5.10. The van der Waals surface area contributed by atoms with Crippen molar-refractivity contribution in [2.24, 2.45) is 0 Å². The molecule has 3 aromatic rings. The zero-order valence-corrected chi connectivity index (χ0v) is 17.6. The van der Waals surface area contributed by atoms with Crippen LogP contribution in [0.3, 0.4) is 0 Å². The van der Waals surface area contributed by atoms with Crippen LogP contribution in [0.15, 0.2) is 47.6 Å². The molecule has 0 amide bonds. The Labute approximate surface area is 170 Å². The van der Waals surface area contributed by atoms with Crippen molar-refractivity contribution in [1.82, 2.24) is 24.1 Å². The van der Waals surface area contributed by atoms with Crippen LogP contribution in [0, 0.1) is 20.8 Å². The summed E-state index contributed by atoms with van der Waals surface area (Å²) in [4.78, 5) is 6.65. The van der Waals surface area contributed by atoms with Gasteiger partial charge in [-0.15, -0.1) is 10.2 Å². The summed E-state index contributed by atoms with van der Waals surface area (Å²) in [5, 5.41) is 8.62. The molecule has 0 N–H and O–H groups in total. The number of benzene rings is 1. The molecule has 9 heteroatoms. The van der Waals surface area contributed by atoms with E-state index >= 15 is 0 Å². The number of rotatable bonds is 4. The molecule has 0 saturated carbocycles. The van der Waals surface area contributed by atoms with Gasteiger partial charge >= 0.3 is 0 Å². The van der Waals surface area contributed by atoms with Gasteiger partial charge in [-0.05, 0) is 50.1 Å². The first-order valence-corrected chi connectivity index (χ1v) is 11.0. The van der Waals surface area contributed by atoms with Crippen LogP contribution in [0.1, 0.15) is 17.0 Å². The van der Waals surface area contributed by atoms with Crippen LogP contribution in [-0.4, -0.2) is 58.7 Å². The van der Waals surface area contributed by atoms with E-state index in [1.807, 2.05) is 55.8 Å². The SMILES string of the molecule is Cc1ccc(C)c(S(=O)(=O)N2CCN(c3ccc(-n4ccnc4C)nn3)CC2)c1. The first-order chi connectivity index (χ1) is 13.9. The topological polar surface area (TPSA) is 84.2 Å². The molecule has 3 heterocycles. The lowest BCUT2D eigenvalue weighted by molar-refractivity contribution is 0.383. The van der Waals surface area contributed by atoms with Crippen LogP contribution in [0.5, 0.6) is 0 Å².